The van der Waals surface area contributed by atoms with Crippen molar-refractivity contribution < 1.29 is 24.2 Å². The van der Waals surface area contributed by atoms with Crippen LogP contribution in [-0.4, -0.2) is 48.7 Å². The van der Waals surface area contributed by atoms with E-state index in [2.05, 4.69) is 10.1 Å². The van der Waals surface area contributed by atoms with Gasteiger partial charge < -0.3 is 20.1 Å². The first-order chi connectivity index (χ1) is 9.35. The first-order valence-corrected chi connectivity index (χ1v) is 5.78. The number of nitrogens with zero attached hydrogens (tertiary/aromatic N) is 1. The molecule has 2 amide bonds. The van der Waals surface area contributed by atoms with Crippen LogP contribution in [0.25, 0.3) is 0 Å². The van der Waals surface area contributed by atoms with Gasteiger partial charge in [0, 0.05) is 12.7 Å². The molecule has 0 heterocycles. The Morgan fingerprint density at radius 1 is 1.35 bits per heavy atom. The molecule has 0 radical (unpaired) electrons. The van der Waals surface area contributed by atoms with E-state index in [1.165, 1.54) is 26.3 Å². The van der Waals surface area contributed by atoms with Gasteiger partial charge in [0.05, 0.1) is 12.7 Å². The van der Waals surface area contributed by atoms with E-state index < -0.39 is 18.0 Å². The molecule has 108 valence electrons. The summed E-state index contributed by atoms with van der Waals surface area (Å²) in [4.78, 5) is 34.9. The lowest BCUT2D eigenvalue weighted by Gasteiger charge is -2.16. The summed E-state index contributed by atoms with van der Waals surface area (Å²) in [7, 11) is 2.69. The van der Waals surface area contributed by atoms with Crippen molar-refractivity contribution in [3.63, 3.8) is 0 Å². The maximum absolute atomic E-state index is 11.8. The van der Waals surface area contributed by atoms with Crippen molar-refractivity contribution in [3.05, 3.63) is 29.3 Å². The van der Waals surface area contributed by atoms with Crippen LogP contribution < -0.4 is 5.32 Å². The third-order valence-corrected chi connectivity index (χ3v) is 2.65. The van der Waals surface area contributed by atoms with Gasteiger partial charge in [0.2, 0.25) is 0 Å². The van der Waals surface area contributed by atoms with Gasteiger partial charge >= 0.3 is 18.0 Å². The van der Waals surface area contributed by atoms with Gasteiger partial charge in [0.15, 0.2) is 0 Å². The van der Waals surface area contributed by atoms with Crippen molar-refractivity contribution in [2.45, 2.75) is 6.92 Å². The van der Waals surface area contributed by atoms with E-state index in [-0.39, 0.29) is 12.1 Å². The van der Waals surface area contributed by atoms with Crippen molar-refractivity contribution in [3.8, 4) is 0 Å². The molecule has 1 rings (SSSR count). The van der Waals surface area contributed by atoms with Crippen molar-refractivity contribution in [2.75, 3.05) is 26.0 Å². The second-order valence-electron chi connectivity index (χ2n) is 4.20. The number of nitrogens with one attached hydrogen (secondary N) is 1. The number of benzene rings is 1. The Kier molecular flexibility index (Phi) is 5.08. The molecule has 7 heteroatoms. The summed E-state index contributed by atoms with van der Waals surface area (Å²) in [6.45, 7) is 1.46. The third-order valence-electron chi connectivity index (χ3n) is 2.65. The fourth-order valence-corrected chi connectivity index (χ4v) is 1.53. The molecule has 0 aromatic heterocycles. The highest BCUT2D eigenvalue weighted by molar-refractivity contribution is 5.93. The molecule has 7 nitrogen and oxygen atoms in total. The quantitative estimate of drug-likeness (QED) is 0.811. The number of likely N-dealkylation sites (N-methyl/N-ethyl adjacent to an activating group) is 1. The minimum atomic E-state index is -1.02. The average Bonchev–Trinajstić information content (AvgIpc) is 2.37. The third kappa shape index (κ3) is 3.98. The topological polar surface area (TPSA) is 95.9 Å². The number of carbonyl (C=O) groups excluding carboxylic acids is 2. The van der Waals surface area contributed by atoms with Crippen LogP contribution in [0.3, 0.4) is 0 Å². The molecule has 1 aromatic rings. The van der Waals surface area contributed by atoms with E-state index >= 15 is 0 Å². The fraction of sp³-hybridized carbons (Fsp3) is 0.308. The van der Waals surface area contributed by atoms with Gasteiger partial charge in [-0.2, -0.15) is 0 Å². The van der Waals surface area contributed by atoms with Crippen LogP contribution >= 0.6 is 0 Å². The number of amides is 2. The molecule has 2 N–H and O–H groups in total. The molecule has 1 aromatic carbocycles. The number of esters is 1. The van der Waals surface area contributed by atoms with E-state index in [1.807, 2.05) is 0 Å². The Morgan fingerprint density at radius 2 is 2.00 bits per heavy atom. The summed E-state index contributed by atoms with van der Waals surface area (Å²) in [5, 5.41) is 11.5. The number of carboxylic acid groups (broad SMARTS) is 1. The highest BCUT2D eigenvalue weighted by Gasteiger charge is 2.14. The number of hydrogen-bond acceptors (Lipinski definition) is 4. The van der Waals surface area contributed by atoms with Crippen molar-refractivity contribution >= 4 is 23.7 Å². The standard InChI is InChI=1S/C13H16N2O5/c1-8-6-9(4-5-10(8)12(17)18)14-13(19)15(2)7-11(16)20-3/h4-6H,7H2,1-3H3,(H,14,19)(H,17,18). The average molecular weight is 280 g/mol. The predicted molar refractivity (Wildman–Crippen MR) is 71.8 cm³/mol. The lowest BCUT2D eigenvalue weighted by molar-refractivity contribution is -0.140. The zero-order valence-electron chi connectivity index (χ0n) is 11.5. The van der Waals surface area contributed by atoms with Gasteiger partial charge in [0.25, 0.3) is 0 Å². The molecule has 0 saturated heterocycles. The molecule has 0 aliphatic rings. The van der Waals surface area contributed by atoms with Crippen molar-refractivity contribution in [2.24, 2.45) is 0 Å². The van der Waals surface area contributed by atoms with Crippen LogP contribution in [0.5, 0.6) is 0 Å². The van der Waals surface area contributed by atoms with Gasteiger partial charge in [-0.15, -0.1) is 0 Å². The first kappa shape index (κ1) is 15.5. The van der Waals surface area contributed by atoms with E-state index in [1.54, 1.807) is 13.0 Å². The number of methoxy groups -OCH3 is 1. The molecule has 0 unspecified atom stereocenters. The summed E-state index contributed by atoms with van der Waals surface area (Å²) >= 11 is 0. The molecule has 0 aliphatic carbocycles. The van der Waals surface area contributed by atoms with Crippen LogP contribution in [0, 0.1) is 6.92 Å². The molecule has 0 spiro atoms. The van der Waals surface area contributed by atoms with Crippen LogP contribution in [0.2, 0.25) is 0 Å². The zero-order chi connectivity index (χ0) is 15.3. The Balaban J connectivity index is 2.73. The number of rotatable bonds is 4. The maximum Gasteiger partial charge on any atom is 0.335 e. The minimum Gasteiger partial charge on any atom is -0.478 e. The summed E-state index contributed by atoms with van der Waals surface area (Å²) < 4.78 is 4.46. The number of carbonyl (C=O) groups is 3. The molecule has 0 atom stereocenters. The highest BCUT2D eigenvalue weighted by atomic mass is 16.5. The lowest BCUT2D eigenvalue weighted by atomic mass is 10.1. The summed E-state index contributed by atoms with van der Waals surface area (Å²) in [6, 6.07) is 3.96. The van der Waals surface area contributed by atoms with Gasteiger partial charge in [-0.1, -0.05) is 0 Å². The minimum absolute atomic E-state index is 0.172. The molecular weight excluding hydrogens is 264 g/mol. The monoisotopic (exact) mass is 280 g/mol. The molecule has 0 saturated carbocycles. The number of aryl methyl sites for hydroxylation is 1. The second-order valence-corrected chi connectivity index (χ2v) is 4.20. The molecule has 0 fully saturated rings. The van der Waals surface area contributed by atoms with E-state index in [9.17, 15) is 14.4 Å². The van der Waals surface area contributed by atoms with E-state index in [0.29, 0.717) is 11.3 Å². The van der Waals surface area contributed by atoms with Gasteiger partial charge in [-0.3, -0.25) is 4.79 Å². The Morgan fingerprint density at radius 3 is 2.50 bits per heavy atom. The van der Waals surface area contributed by atoms with Crippen molar-refractivity contribution in [1.29, 1.82) is 0 Å². The maximum atomic E-state index is 11.8. The van der Waals surface area contributed by atoms with Gasteiger partial charge in [-0.05, 0) is 30.7 Å². The summed E-state index contributed by atoms with van der Waals surface area (Å²) in [6.07, 6.45) is 0. The summed E-state index contributed by atoms with van der Waals surface area (Å²) in [5.74, 6) is -1.55. The number of anilines is 1. The largest absolute Gasteiger partial charge is 0.478 e. The smallest absolute Gasteiger partial charge is 0.335 e. The van der Waals surface area contributed by atoms with Gasteiger partial charge in [-0.25, -0.2) is 9.59 Å². The normalized spacial score (nSPS) is 9.75. The van der Waals surface area contributed by atoms with Crippen LogP contribution in [0.4, 0.5) is 10.5 Å². The Bertz CT molecular complexity index is 542. The lowest BCUT2D eigenvalue weighted by Crippen LogP contribution is -2.35. The van der Waals surface area contributed by atoms with Crippen LogP contribution in [0.15, 0.2) is 18.2 Å². The highest BCUT2D eigenvalue weighted by Crippen LogP contribution is 2.15. The number of urea groups is 1. The zero-order valence-corrected chi connectivity index (χ0v) is 11.5. The van der Waals surface area contributed by atoms with E-state index in [4.69, 9.17) is 5.11 Å². The van der Waals surface area contributed by atoms with Crippen LogP contribution in [0.1, 0.15) is 15.9 Å². The van der Waals surface area contributed by atoms with E-state index in [0.717, 1.165) is 4.90 Å². The Hall–Kier alpha value is -2.57. The van der Waals surface area contributed by atoms with Crippen LogP contribution in [-0.2, 0) is 9.53 Å². The predicted octanol–water partition coefficient (Wildman–Crippen LogP) is 1.33. The molecule has 20 heavy (non-hydrogen) atoms. The number of carboxylic acids is 1. The SMILES string of the molecule is COC(=O)CN(C)C(=O)Nc1ccc(C(=O)O)c(C)c1. The molecule has 0 aliphatic heterocycles. The number of aromatic carboxylic acids is 1. The number of ether oxygens (including phenoxy) is 1. The Labute approximate surface area is 116 Å². The van der Waals surface area contributed by atoms with Crippen molar-refractivity contribution in [1.82, 2.24) is 4.90 Å². The second kappa shape index (κ2) is 6.55. The molecule has 0 bridgehead atoms. The first-order valence-electron chi connectivity index (χ1n) is 5.78. The van der Waals surface area contributed by atoms with Gasteiger partial charge in [0.1, 0.15) is 6.54 Å². The summed E-state index contributed by atoms with van der Waals surface area (Å²) in [5.41, 5.74) is 1.16. The molecular formula is C13H16N2O5. The fourth-order valence-electron chi connectivity index (χ4n) is 1.53. The number of hydrogen-bond donors (Lipinski definition) is 2.